The lowest BCUT2D eigenvalue weighted by atomic mass is 9.84. The van der Waals surface area contributed by atoms with Crippen molar-refractivity contribution in [1.82, 2.24) is 9.55 Å². The molecule has 118 valence electrons. The third-order valence-electron chi connectivity index (χ3n) is 5.50. The molecule has 21 heavy (non-hydrogen) atoms. The topological polar surface area (TPSA) is 39.1 Å². The largest absolute Gasteiger partial charge is 0.383 e. The number of imidazole rings is 1. The van der Waals surface area contributed by atoms with E-state index < -0.39 is 0 Å². The summed E-state index contributed by atoms with van der Waals surface area (Å²) in [5.74, 6) is 3.77. The van der Waals surface area contributed by atoms with Crippen molar-refractivity contribution in [2.24, 2.45) is 17.8 Å². The first-order valence-corrected chi connectivity index (χ1v) is 8.39. The fraction of sp³-hybridized carbons (Fsp3) is 0.824. The molecule has 1 N–H and O–H groups in total. The van der Waals surface area contributed by atoms with E-state index in [-0.39, 0.29) is 6.04 Å². The smallest absolute Gasteiger partial charge is 0.203 e. The zero-order chi connectivity index (χ0) is 15.0. The van der Waals surface area contributed by atoms with Crippen molar-refractivity contribution in [2.75, 3.05) is 19.0 Å². The molecule has 1 aromatic heterocycles. The summed E-state index contributed by atoms with van der Waals surface area (Å²) in [5, 5.41) is 3.51. The van der Waals surface area contributed by atoms with Crippen LogP contribution in [0.25, 0.3) is 0 Å². The molecular formula is C17H29N3O. The average Bonchev–Trinajstić information content (AvgIpc) is 3.13. The molecule has 2 saturated carbocycles. The van der Waals surface area contributed by atoms with Gasteiger partial charge in [-0.3, -0.25) is 0 Å². The summed E-state index contributed by atoms with van der Waals surface area (Å²) in [5.41, 5.74) is 1.09. The standard InChI is InChI=1S/C17H29N3O/c1-11-9-20(17(18-11)19-12(2)10-21-4)13(3)16-8-14-5-6-15(16)7-14/h9,12-16H,5-8,10H2,1-4H3,(H,18,19). The molecule has 2 bridgehead atoms. The molecule has 4 heteroatoms. The highest BCUT2D eigenvalue weighted by Crippen LogP contribution is 2.52. The minimum atomic E-state index is 0.280. The van der Waals surface area contributed by atoms with Crippen molar-refractivity contribution in [3.63, 3.8) is 0 Å². The zero-order valence-corrected chi connectivity index (χ0v) is 13.8. The molecular weight excluding hydrogens is 262 g/mol. The molecule has 2 aliphatic rings. The van der Waals surface area contributed by atoms with Gasteiger partial charge in [-0.1, -0.05) is 6.42 Å². The van der Waals surface area contributed by atoms with Crippen LogP contribution in [0.5, 0.6) is 0 Å². The monoisotopic (exact) mass is 291 g/mol. The zero-order valence-electron chi connectivity index (χ0n) is 13.8. The van der Waals surface area contributed by atoms with Gasteiger partial charge >= 0.3 is 0 Å². The SMILES string of the molecule is COCC(C)Nc1nc(C)cn1C(C)C1CC2CCC1C2. The molecule has 0 aromatic carbocycles. The predicted octanol–water partition coefficient (Wildman–Crippen LogP) is 3.64. The van der Waals surface area contributed by atoms with Crippen LogP contribution < -0.4 is 5.32 Å². The van der Waals surface area contributed by atoms with E-state index in [1.807, 2.05) is 0 Å². The highest BCUT2D eigenvalue weighted by Gasteiger charge is 2.42. The molecule has 1 heterocycles. The van der Waals surface area contributed by atoms with Gasteiger partial charge in [0.1, 0.15) is 0 Å². The van der Waals surface area contributed by atoms with Gasteiger partial charge in [-0.15, -0.1) is 0 Å². The Kier molecular flexibility index (Phi) is 4.25. The van der Waals surface area contributed by atoms with Gasteiger partial charge in [0.25, 0.3) is 0 Å². The Bertz CT molecular complexity index is 484. The fourth-order valence-electron chi connectivity index (χ4n) is 4.54. The van der Waals surface area contributed by atoms with E-state index in [1.165, 1.54) is 25.7 Å². The van der Waals surface area contributed by atoms with Gasteiger partial charge in [-0.05, 0) is 57.8 Å². The second-order valence-corrected chi connectivity index (χ2v) is 7.19. The number of hydrogen-bond acceptors (Lipinski definition) is 3. The summed E-state index contributed by atoms with van der Waals surface area (Å²) in [7, 11) is 1.74. The Morgan fingerprint density at radius 1 is 1.38 bits per heavy atom. The third kappa shape index (κ3) is 2.96. The Labute approximate surface area is 128 Å². The van der Waals surface area contributed by atoms with Crippen molar-refractivity contribution in [3.8, 4) is 0 Å². The first kappa shape index (κ1) is 14.9. The van der Waals surface area contributed by atoms with Gasteiger partial charge in [0.05, 0.1) is 12.3 Å². The maximum Gasteiger partial charge on any atom is 0.203 e. The van der Waals surface area contributed by atoms with Crippen LogP contribution in [0, 0.1) is 24.7 Å². The molecule has 0 radical (unpaired) electrons. The van der Waals surface area contributed by atoms with Crippen LogP contribution in [-0.4, -0.2) is 29.3 Å². The summed E-state index contributed by atoms with van der Waals surface area (Å²) < 4.78 is 7.59. The van der Waals surface area contributed by atoms with Gasteiger partial charge in [0, 0.05) is 25.4 Å². The quantitative estimate of drug-likeness (QED) is 0.870. The first-order valence-electron chi connectivity index (χ1n) is 8.39. The number of methoxy groups -OCH3 is 1. The molecule has 1 aromatic rings. The minimum Gasteiger partial charge on any atom is -0.383 e. The maximum absolute atomic E-state index is 5.22. The first-order chi connectivity index (χ1) is 10.1. The molecule has 4 nitrogen and oxygen atoms in total. The summed E-state index contributed by atoms with van der Waals surface area (Å²) in [6, 6.07) is 0.821. The van der Waals surface area contributed by atoms with Crippen LogP contribution in [0.3, 0.4) is 0 Å². The lowest BCUT2D eigenvalue weighted by Gasteiger charge is -2.30. The summed E-state index contributed by atoms with van der Waals surface area (Å²) in [6.45, 7) is 7.29. The highest BCUT2D eigenvalue weighted by atomic mass is 16.5. The Hall–Kier alpha value is -1.03. The Morgan fingerprint density at radius 3 is 2.81 bits per heavy atom. The molecule has 0 saturated heterocycles. The van der Waals surface area contributed by atoms with E-state index in [0.717, 1.165) is 29.4 Å². The second kappa shape index (κ2) is 5.99. The molecule has 3 rings (SSSR count). The van der Waals surface area contributed by atoms with E-state index in [9.17, 15) is 0 Å². The lowest BCUT2D eigenvalue weighted by Crippen LogP contribution is -2.27. The second-order valence-electron chi connectivity index (χ2n) is 7.19. The van der Waals surface area contributed by atoms with Crippen LogP contribution in [0.15, 0.2) is 6.20 Å². The number of anilines is 1. The summed E-state index contributed by atoms with van der Waals surface area (Å²) >= 11 is 0. The van der Waals surface area contributed by atoms with E-state index in [2.05, 4.69) is 41.8 Å². The van der Waals surface area contributed by atoms with Crippen molar-refractivity contribution in [3.05, 3.63) is 11.9 Å². The fourth-order valence-corrected chi connectivity index (χ4v) is 4.54. The normalized spacial score (nSPS) is 30.6. The van der Waals surface area contributed by atoms with Crippen LogP contribution in [0.4, 0.5) is 5.95 Å². The highest BCUT2D eigenvalue weighted by molar-refractivity contribution is 5.31. The Morgan fingerprint density at radius 2 is 2.19 bits per heavy atom. The number of nitrogens with one attached hydrogen (secondary N) is 1. The summed E-state index contributed by atoms with van der Waals surface area (Å²) in [6.07, 6.45) is 7.99. The molecule has 0 amide bonds. The van der Waals surface area contributed by atoms with Gasteiger partial charge in [-0.25, -0.2) is 4.98 Å². The van der Waals surface area contributed by atoms with Crippen LogP contribution in [-0.2, 0) is 4.74 Å². The number of ether oxygens (including phenoxy) is 1. The molecule has 0 aliphatic heterocycles. The molecule has 5 atom stereocenters. The number of hydrogen-bond donors (Lipinski definition) is 1. The van der Waals surface area contributed by atoms with Crippen molar-refractivity contribution >= 4 is 5.95 Å². The van der Waals surface area contributed by atoms with E-state index in [4.69, 9.17) is 4.74 Å². The minimum absolute atomic E-state index is 0.280. The average molecular weight is 291 g/mol. The van der Waals surface area contributed by atoms with Crippen LogP contribution in [0.2, 0.25) is 0 Å². The molecule has 5 unspecified atom stereocenters. The number of aromatic nitrogens is 2. The van der Waals surface area contributed by atoms with Crippen molar-refractivity contribution in [2.45, 2.75) is 58.5 Å². The molecule has 2 fully saturated rings. The lowest BCUT2D eigenvalue weighted by molar-refractivity contribution is 0.189. The van der Waals surface area contributed by atoms with Crippen LogP contribution >= 0.6 is 0 Å². The maximum atomic E-state index is 5.22. The summed E-state index contributed by atoms with van der Waals surface area (Å²) in [4.78, 5) is 4.68. The number of fused-ring (bicyclic) bond motifs is 2. The van der Waals surface area contributed by atoms with Gasteiger partial charge in [0.15, 0.2) is 0 Å². The number of nitrogens with zero attached hydrogens (tertiary/aromatic N) is 2. The van der Waals surface area contributed by atoms with E-state index >= 15 is 0 Å². The van der Waals surface area contributed by atoms with E-state index in [1.54, 1.807) is 7.11 Å². The van der Waals surface area contributed by atoms with Crippen molar-refractivity contribution in [1.29, 1.82) is 0 Å². The third-order valence-corrected chi connectivity index (χ3v) is 5.50. The van der Waals surface area contributed by atoms with Gasteiger partial charge < -0.3 is 14.6 Å². The van der Waals surface area contributed by atoms with Crippen molar-refractivity contribution < 1.29 is 4.74 Å². The van der Waals surface area contributed by atoms with Gasteiger partial charge in [-0.2, -0.15) is 0 Å². The Balaban J connectivity index is 1.75. The molecule has 2 aliphatic carbocycles. The molecule has 0 spiro atoms. The van der Waals surface area contributed by atoms with Crippen LogP contribution in [0.1, 0.15) is 51.3 Å². The number of aryl methyl sites for hydroxylation is 1. The number of rotatable bonds is 6. The van der Waals surface area contributed by atoms with E-state index in [0.29, 0.717) is 12.6 Å². The predicted molar refractivity (Wildman–Crippen MR) is 85.6 cm³/mol. The van der Waals surface area contributed by atoms with Gasteiger partial charge in [0.2, 0.25) is 5.95 Å².